The number of aliphatic carboxylic acids is 1. The van der Waals surface area contributed by atoms with Gasteiger partial charge in [-0.05, 0) is 17.9 Å². The van der Waals surface area contributed by atoms with Gasteiger partial charge in [0, 0.05) is 18.0 Å². The van der Waals surface area contributed by atoms with Crippen molar-refractivity contribution in [2.45, 2.75) is 44.2 Å². The smallest absolute Gasteiger partial charge is 0.305 e. The quantitative estimate of drug-likeness (QED) is 0.649. The number of hydrogen-bond acceptors (Lipinski definition) is 6. The summed E-state index contributed by atoms with van der Waals surface area (Å²) in [6.07, 6.45) is 1.87. The van der Waals surface area contributed by atoms with Crippen LogP contribution in [0, 0.1) is 0 Å². The Kier molecular flexibility index (Phi) is 6.39. The second kappa shape index (κ2) is 8.98. The summed E-state index contributed by atoms with van der Waals surface area (Å²) < 4.78 is 12.8. The fraction of sp³-hybridized carbons (Fsp3) is 0.381. The Morgan fingerprint density at radius 3 is 2.77 bits per heavy atom. The number of amides is 1. The van der Waals surface area contributed by atoms with Gasteiger partial charge in [0.05, 0.1) is 12.1 Å². The van der Waals surface area contributed by atoms with Crippen LogP contribution in [0.15, 0.2) is 41.7 Å². The Morgan fingerprint density at radius 2 is 2.07 bits per heavy atom. The number of carboxylic acids is 1. The number of aromatic nitrogens is 1. The van der Waals surface area contributed by atoms with E-state index in [2.05, 4.69) is 15.5 Å². The largest absolute Gasteiger partial charge is 0.481 e. The van der Waals surface area contributed by atoms with E-state index in [1.54, 1.807) is 6.20 Å². The lowest BCUT2D eigenvalue weighted by Crippen LogP contribution is -2.53. The predicted octanol–water partition coefficient (Wildman–Crippen LogP) is 2.40. The number of ketones is 1. The maximum Gasteiger partial charge on any atom is 0.305 e. The fourth-order valence-electron chi connectivity index (χ4n) is 3.53. The van der Waals surface area contributed by atoms with Crippen LogP contribution in [0.5, 0.6) is 0 Å². The van der Waals surface area contributed by atoms with E-state index in [0.717, 1.165) is 10.8 Å². The number of pyridine rings is 1. The van der Waals surface area contributed by atoms with Gasteiger partial charge in [0.1, 0.15) is 18.4 Å². The van der Waals surface area contributed by atoms with Crippen LogP contribution in [-0.4, -0.2) is 51.8 Å². The van der Waals surface area contributed by atoms with Crippen LogP contribution in [0.3, 0.4) is 0 Å². The molecule has 30 heavy (non-hydrogen) atoms. The van der Waals surface area contributed by atoms with Crippen molar-refractivity contribution in [3.05, 3.63) is 42.2 Å². The summed E-state index contributed by atoms with van der Waals surface area (Å²) in [5.74, 6) is -3.03. The molecular weight excluding hydrogens is 393 g/mol. The highest BCUT2D eigenvalue weighted by Crippen LogP contribution is 2.33. The summed E-state index contributed by atoms with van der Waals surface area (Å²) in [4.78, 5) is 45.7. The van der Waals surface area contributed by atoms with Crippen LogP contribution in [0.2, 0.25) is 0 Å². The van der Waals surface area contributed by atoms with Gasteiger partial charge >= 0.3 is 5.97 Å². The number of nitrogens with one attached hydrogen (secondary N) is 1. The van der Waals surface area contributed by atoms with Gasteiger partial charge in [-0.2, -0.15) is 0 Å². The number of halogens is 1. The number of fused-ring (bicyclic) bond motifs is 1. The molecule has 0 radical (unpaired) electrons. The van der Waals surface area contributed by atoms with Crippen molar-refractivity contribution in [2.75, 3.05) is 6.67 Å². The van der Waals surface area contributed by atoms with Crippen molar-refractivity contribution in [3.63, 3.8) is 0 Å². The fourth-order valence-corrected chi connectivity index (χ4v) is 3.53. The first-order valence-corrected chi connectivity index (χ1v) is 9.61. The average molecular weight is 415 g/mol. The van der Waals surface area contributed by atoms with Crippen LogP contribution in [0.25, 0.3) is 10.8 Å². The maximum atomic E-state index is 13.0. The molecule has 1 aromatic carbocycles. The van der Waals surface area contributed by atoms with Crippen LogP contribution >= 0.6 is 0 Å². The topological polar surface area (TPSA) is 118 Å². The molecule has 2 N–H and O–H groups in total. The van der Waals surface area contributed by atoms with E-state index in [9.17, 15) is 18.8 Å². The summed E-state index contributed by atoms with van der Waals surface area (Å²) in [6, 6.07) is 7.98. The summed E-state index contributed by atoms with van der Waals surface area (Å²) in [5.41, 5.74) is -0.362. The van der Waals surface area contributed by atoms with Crippen molar-refractivity contribution in [1.82, 2.24) is 10.3 Å². The first kappa shape index (κ1) is 21.4. The number of Topliss-reactive ketones (excluding diaryl/α,β-unsaturated/α-hetero) is 1. The van der Waals surface area contributed by atoms with E-state index in [0.29, 0.717) is 17.8 Å². The zero-order valence-corrected chi connectivity index (χ0v) is 16.4. The van der Waals surface area contributed by atoms with Crippen LogP contribution in [0.1, 0.15) is 38.3 Å². The van der Waals surface area contributed by atoms with Gasteiger partial charge in [0.2, 0.25) is 5.60 Å². The molecule has 0 aliphatic carbocycles. The Morgan fingerprint density at radius 1 is 1.30 bits per heavy atom. The average Bonchev–Trinajstić information content (AvgIpc) is 3.17. The van der Waals surface area contributed by atoms with Gasteiger partial charge in [-0.25, -0.2) is 4.39 Å². The van der Waals surface area contributed by atoms with Crippen molar-refractivity contribution >= 4 is 34.1 Å². The lowest BCUT2D eigenvalue weighted by molar-refractivity contribution is -0.148. The normalized spacial score (nSPS) is 19.1. The third-order valence-corrected chi connectivity index (χ3v) is 5.00. The van der Waals surface area contributed by atoms with Crippen molar-refractivity contribution in [2.24, 2.45) is 5.16 Å². The molecule has 9 heteroatoms. The SMILES string of the molecule is CCCC1(C(=O)N[C@@H](CC(=O)O)C(=O)CF)CC(c2nccc3ccccc23)=NO1. The molecule has 158 valence electrons. The molecule has 1 unspecified atom stereocenters. The van der Waals surface area contributed by atoms with Crippen LogP contribution < -0.4 is 5.32 Å². The number of rotatable bonds is 9. The summed E-state index contributed by atoms with van der Waals surface area (Å²) >= 11 is 0. The predicted molar refractivity (Wildman–Crippen MR) is 107 cm³/mol. The molecule has 3 rings (SSSR count). The van der Waals surface area contributed by atoms with Crippen molar-refractivity contribution < 1.29 is 28.7 Å². The molecule has 2 aromatic rings. The number of hydrogen-bond donors (Lipinski definition) is 2. The number of oxime groups is 1. The Labute approximate surface area is 172 Å². The maximum absolute atomic E-state index is 13.0. The summed E-state index contributed by atoms with van der Waals surface area (Å²) in [7, 11) is 0. The Hall–Kier alpha value is -3.36. The highest BCUT2D eigenvalue weighted by atomic mass is 19.1. The molecule has 1 aliphatic heterocycles. The first-order valence-electron chi connectivity index (χ1n) is 9.61. The molecular formula is C21H22FN3O5. The number of nitrogens with zero attached hydrogens (tertiary/aromatic N) is 2. The molecule has 1 aromatic heterocycles. The zero-order valence-electron chi connectivity index (χ0n) is 16.4. The van der Waals surface area contributed by atoms with Gasteiger partial charge in [0.15, 0.2) is 5.78 Å². The van der Waals surface area contributed by atoms with Crippen molar-refractivity contribution in [3.8, 4) is 0 Å². The molecule has 0 spiro atoms. The number of alkyl halides is 1. The van der Waals surface area contributed by atoms with E-state index < -0.39 is 42.4 Å². The van der Waals surface area contributed by atoms with Gasteiger partial charge < -0.3 is 15.3 Å². The highest BCUT2D eigenvalue weighted by Gasteiger charge is 2.47. The number of carbonyl (C=O) groups is 3. The highest BCUT2D eigenvalue weighted by molar-refractivity contribution is 6.12. The first-order chi connectivity index (χ1) is 14.4. The van der Waals surface area contributed by atoms with Crippen molar-refractivity contribution in [1.29, 1.82) is 0 Å². The van der Waals surface area contributed by atoms with Gasteiger partial charge in [-0.1, -0.05) is 42.8 Å². The minimum Gasteiger partial charge on any atom is -0.481 e. The van der Waals surface area contributed by atoms with Gasteiger partial charge in [-0.15, -0.1) is 0 Å². The second-order valence-corrected chi connectivity index (χ2v) is 7.15. The monoisotopic (exact) mass is 415 g/mol. The van der Waals surface area contributed by atoms with E-state index >= 15 is 0 Å². The molecule has 1 amide bonds. The number of carboxylic acid groups (broad SMARTS) is 1. The third-order valence-electron chi connectivity index (χ3n) is 5.00. The zero-order chi connectivity index (χ0) is 21.7. The van der Waals surface area contributed by atoms with E-state index in [1.165, 1.54) is 0 Å². The van der Waals surface area contributed by atoms with Gasteiger partial charge in [0.25, 0.3) is 5.91 Å². The molecule has 8 nitrogen and oxygen atoms in total. The minimum absolute atomic E-state index is 0.0945. The van der Waals surface area contributed by atoms with Gasteiger partial charge in [-0.3, -0.25) is 19.4 Å². The van der Waals surface area contributed by atoms with E-state index in [-0.39, 0.29) is 12.8 Å². The Bertz CT molecular complexity index is 1000. The second-order valence-electron chi connectivity index (χ2n) is 7.15. The summed E-state index contributed by atoms with van der Waals surface area (Å²) in [6.45, 7) is 0.482. The standard InChI is InChI=1S/C21H22FN3O5/c1-2-8-21(20(29)24-15(10-18(27)28)17(26)12-22)11-16(25-30-21)19-14-6-4-3-5-13(14)7-9-23-19/h3-7,9,15H,2,8,10-12H2,1H3,(H,24,29)(H,27,28)/t15-,21?/m0/s1. The van der Waals surface area contributed by atoms with Crippen LogP contribution in [0.4, 0.5) is 4.39 Å². The van der Waals surface area contributed by atoms with Crippen LogP contribution in [-0.2, 0) is 19.2 Å². The molecule has 2 atom stereocenters. The molecule has 1 aliphatic rings. The lowest BCUT2D eigenvalue weighted by atomic mass is 9.89. The lowest BCUT2D eigenvalue weighted by Gasteiger charge is -2.27. The molecule has 2 heterocycles. The number of carbonyl (C=O) groups excluding carboxylic acids is 2. The number of benzene rings is 1. The molecule has 0 saturated heterocycles. The van der Waals surface area contributed by atoms with E-state index in [4.69, 9.17) is 9.94 Å². The van der Waals surface area contributed by atoms with E-state index in [1.807, 2.05) is 37.3 Å². The molecule has 0 fully saturated rings. The third kappa shape index (κ3) is 4.29. The molecule has 0 saturated carbocycles. The molecule has 0 bridgehead atoms. The minimum atomic E-state index is -1.47. The summed E-state index contributed by atoms with van der Waals surface area (Å²) in [5, 5.41) is 17.2. The Balaban J connectivity index is 1.86.